The second-order valence-electron chi connectivity index (χ2n) is 8.60. The fraction of sp³-hybridized carbons (Fsp3) is 0.320. The van der Waals surface area contributed by atoms with Crippen molar-refractivity contribution >= 4 is 28.0 Å². The molecule has 1 N–H and O–H groups in total. The number of para-hydroxylation sites is 1. The maximum atomic E-state index is 11.9. The topological polar surface area (TPSA) is 69.0 Å². The molecule has 4 rings (SSSR count). The van der Waals surface area contributed by atoms with Gasteiger partial charge < -0.3 is 14.6 Å². The molecular weight excluding hydrogens is 388 g/mol. The molecule has 0 fully saturated rings. The van der Waals surface area contributed by atoms with E-state index in [9.17, 15) is 4.79 Å². The first kappa shape index (κ1) is 20.8. The van der Waals surface area contributed by atoms with E-state index in [-0.39, 0.29) is 6.09 Å². The van der Waals surface area contributed by atoms with Gasteiger partial charge >= 0.3 is 6.09 Å². The normalized spacial score (nSPS) is 11.7. The number of unbranched alkanes of at least 4 members (excludes halogenated alkanes) is 1. The number of hydrogen-bond donors (Lipinski definition) is 1. The molecule has 0 radical (unpaired) electrons. The Morgan fingerprint density at radius 3 is 2.52 bits per heavy atom. The maximum absolute atomic E-state index is 11.9. The number of alkyl carbamates (subject to hydrolysis) is 1. The van der Waals surface area contributed by atoms with Gasteiger partial charge in [0.2, 0.25) is 0 Å². The van der Waals surface area contributed by atoms with Crippen LogP contribution in [-0.4, -0.2) is 32.8 Å². The Balaban J connectivity index is 1.57. The molecule has 1 amide bonds. The second kappa shape index (κ2) is 8.76. The summed E-state index contributed by atoms with van der Waals surface area (Å²) in [5.41, 5.74) is 3.55. The van der Waals surface area contributed by atoms with Crippen LogP contribution in [0, 0.1) is 0 Å². The molecule has 0 spiro atoms. The first-order chi connectivity index (χ1) is 14.9. The van der Waals surface area contributed by atoms with E-state index in [0.717, 1.165) is 52.7 Å². The number of hydrogen-bond acceptors (Lipinski definition) is 4. The van der Waals surface area contributed by atoms with Crippen LogP contribution in [0.1, 0.15) is 33.6 Å². The third kappa shape index (κ3) is 4.85. The molecule has 0 saturated carbocycles. The molecule has 2 aromatic heterocycles. The summed E-state index contributed by atoms with van der Waals surface area (Å²) >= 11 is 0. The highest BCUT2D eigenvalue weighted by molar-refractivity contribution is 6.03. The molecular formula is C25H28N4O2. The molecule has 31 heavy (non-hydrogen) atoms. The van der Waals surface area contributed by atoms with Crippen molar-refractivity contribution in [3.63, 3.8) is 0 Å². The molecule has 0 bridgehead atoms. The number of benzene rings is 2. The van der Waals surface area contributed by atoms with Crippen LogP contribution in [-0.2, 0) is 11.3 Å². The minimum Gasteiger partial charge on any atom is -0.444 e. The van der Waals surface area contributed by atoms with Crippen molar-refractivity contribution in [1.82, 2.24) is 19.9 Å². The number of pyridine rings is 1. The number of carbonyl (C=O) groups excluding carboxylic acids is 1. The van der Waals surface area contributed by atoms with Gasteiger partial charge in [0.25, 0.3) is 0 Å². The van der Waals surface area contributed by atoms with E-state index in [1.165, 1.54) is 0 Å². The molecule has 0 aliphatic rings. The molecule has 4 aromatic rings. The highest BCUT2D eigenvalue weighted by Crippen LogP contribution is 2.29. The van der Waals surface area contributed by atoms with E-state index in [4.69, 9.17) is 9.72 Å². The number of aromatic nitrogens is 3. The van der Waals surface area contributed by atoms with Crippen molar-refractivity contribution in [2.75, 3.05) is 6.54 Å². The Labute approximate surface area is 182 Å². The SMILES string of the molecule is CC(C)(C)OC(=O)NCCCCn1c(-c2ccccc2)nc2cnc3ccccc3c21. The standard InChI is InChI=1S/C25H28N4O2/c1-25(2,3)31-24(30)26-15-9-10-16-29-22-19-13-7-8-14-20(19)27-17-21(22)28-23(29)18-11-5-4-6-12-18/h4-8,11-14,17H,9-10,15-16H2,1-3H3,(H,26,30). The van der Waals surface area contributed by atoms with E-state index < -0.39 is 5.60 Å². The summed E-state index contributed by atoms with van der Waals surface area (Å²) < 4.78 is 7.58. The third-order valence-electron chi connectivity index (χ3n) is 4.99. The Morgan fingerprint density at radius 1 is 1.00 bits per heavy atom. The first-order valence-corrected chi connectivity index (χ1v) is 10.7. The van der Waals surface area contributed by atoms with E-state index in [1.54, 1.807) is 0 Å². The molecule has 0 aliphatic carbocycles. The summed E-state index contributed by atoms with van der Waals surface area (Å²) in [6.07, 6.45) is 3.22. The number of nitrogens with zero attached hydrogens (tertiary/aromatic N) is 3. The number of fused-ring (bicyclic) bond motifs is 3. The second-order valence-corrected chi connectivity index (χ2v) is 8.60. The summed E-state index contributed by atoms with van der Waals surface area (Å²) in [5, 5.41) is 3.94. The zero-order chi connectivity index (χ0) is 21.8. The van der Waals surface area contributed by atoms with Gasteiger partial charge in [-0.3, -0.25) is 4.98 Å². The predicted octanol–water partition coefficient (Wildman–Crippen LogP) is 5.56. The van der Waals surface area contributed by atoms with Crippen molar-refractivity contribution in [3.8, 4) is 11.4 Å². The van der Waals surface area contributed by atoms with E-state index in [0.29, 0.717) is 6.54 Å². The first-order valence-electron chi connectivity index (χ1n) is 10.7. The number of nitrogens with one attached hydrogen (secondary N) is 1. The minimum atomic E-state index is -0.487. The van der Waals surface area contributed by atoms with Crippen molar-refractivity contribution in [3.05, 3.63) is 60.8 Å². The Morgan fingerprint density at radius 2 is 1.74 bits per heavy atom. The number of aryl methyl sites for hydroxylation is 1. The summed E-state index contributed by atoms with van der Waals surface area (Å²) in [7, 11) is 0. The van der Waals surface area contributed by atoms with Crippen LogP contribution in [0.15, 0.2) is 60.8 Å². The predicted molar refractivity (Wildman–Crippen MR) is 124 cm³/mol. The average Bonchev–Trinajstić information content (AvgIpc) is 3.12. The number of imidazole rings is 1. The molecule has 2 heterocycles. The fourth-order valence-electron chi connectivity index (χ4n) is 3.69. The van der Waals surface area contributed by atoms with Gasteiger partial charge in [0.1, 0.15) is 16.9 Å². The number of amides is 1. The summed E-state index contributed by atoms with van der Waals surface area (Å²) in [6.45, 7) is 6.96. The lowest BCUT2D eigenvalue weighted by molar-refractivity contribution is 0.0527. The van der Waals surface area contributed by atoms with Crippen molar-refractivity contribution in [2.24, 2.45) is 0 Å². The minimum absolute atomic E-state index is 0.373. The monoisotopic (exact) mass is 416 g/mol. The zero-order valence-corrected chi connectivity index (χ0v) is 18.3. The van der Waals surface area contributed by atoms with Crippen LogP contribution in [0.4, 0.5) is 4.79 Å². The molecule has 0 atom stereocenters. The largest absolute Gasteiger partial charge is 0.444 e. The molecule has 0 unspecified atom stereocenters. The molecule has 6 heteroatoms. The van der Waals surface area contributed by atoms with Gasteiger partial charge in [-0.1, -0.05) is 48.5 Å². The summed E-state index contributed by atoms with van der Waals surface area (Å²) in [4.78, 5) is 21.3. The van der Waals surface area contributed by atoms with Gasteiger partial charge in [-0.15, -0.1) is 0 Å². The quantitative estimate of drug-likeness (QED) is 0.418. The van der Waals surface area contributed by atoms with Crippen molar-refractivity contribution < 1.29 is 9.53 Å². The van der Waals surface area contributed by atoms with Gasteiger partial charge in [0.15, 0.2) is 0 Å². The molecule has 0 aliphatic heterocycles. The van der Waals surface area contributed by atoms with E-state index in [1.807, 2.05) is 63.4 Å². The van der Waals surface area contributed by atoms with Crippen molar-refractivity contribution in [2.45, 2.75) is 45.8 Å². The van der Waals surface area contributed by atoms with Gasteiger partial charge in [0.05, 0.1) is 17.2 Å². The smallest absolute Gasteiger partial charge is 0.407 e. The lowest BCUT2D eigenvalue weighted by Gasteiger charge is -2.19. The molecule has 160 valence electrons. The van der Waals surface area contributed by atoms with Crippen LogP contribution in [0.2, 0.25) is 0 Å². The number of carbonyl (C=O) groups is 1. The highest BCUT2D eigenvalue weighted by atomic mass is 16.6. The van der Waals surface area contributed by atoms with Crippen LogP contribution < -0.4 is 5.32 Å². The van der Waals surface area contributed by atoms with E-state index in [2.05, 4.69) is 33.1 Å². The van der Waals surface area contributed by atoms with Crippen LogP contribution in [0.3, 0.4) is 0 Å². The summed E-state index contributed by atoms with van der Waals surface area (Å²) in [5.74, 6) is 0.939. The summed E-state index contributed by atoms with van der Waals surface area (Å²) in [6, 6.07) is 18.4. The highest BCUT2D eigenvalue weighted by Gasteiger charge is 2.17. The van der Waals surface area contributed by atoms with E-state index >= 15 is 0 Å². The van der Waals surface area contributed by atoms with Crippen molar-refractivity contribution in [1.29, 1.82) is 0 Å². The number of ether oxygens (including phenoxy) is 1. The average molecular weight is 417 g/mol. The van der Waals surface area contributed by atoms with Gasteiger partial charge in [-0.25, -0.2) is 9.78 Å². The Kier molecular flexibility index (Phi) is 5.89. The van der Waals surface area contributed by atoms with Gasteiger partial charge in [-0.2, -0.15) is 0 Å². The fourth-order valence-corrected chi connectivity index (χ4v) is 3.69. The van der Waals surface area contributed by atoms with Crippen LogP contribution in [0.25, 0.3) is 33.3 Å². The lowest BCUT2D eigenvalue weighted by Crippen LogP contribution is -2.33. The van der Waals surface area contributed by atoms with Gasteiger partial charge in [0, 0.05) is 24.0 Å². The lowest BCUT2D eigenvalue weighted by atomic mass is 10.2. The Hall–Kier alpha value is -3.41. The Bertz CT molecular complexity index is 1190. The third-order valence-corrected chi connectivity index (χ3v) is 4.99. The number of rotatable bonds is 6. The van der Waals surface area contributed by atoms with Crippen LogP contribution in [0.5, 0.6) is 0 Å². The molecule has 6 nitrogen and oxygen atoms in total. The molecule has 0 saturated heterocycles. The molecule has 2 aromatic carbocycles. The maximum Gasteiger partial charge on any atom is 0.407 e. The van der Waals surface area contributed by atoms with Gasteiger partial charge in [-0.05, 0) is 39.7 Å². The van der Waals surface area contributed by atoms with Crippen LogP contribution >= 0.6 is 0 Å². The zero-order valence-electron chi connectivity index (χ0n) is 18.3.